The van der Waals surface area contributed by atoms with Gasteiger partial charge in [0.25, 0.3) is 0 Å². The summed E-state index contributed by atoms with van der Waals surface area (Å²) in [5.41, 5.74) is 7.53. The largest absolute Gasteiger partial charge is 0.497 e. The van der Waals surface area contributed by atoms with Gasteiger partial charge in [-0.15, -0.1) is 12.4 Å². The first-order chi connectivity index (χ1) is 12.9. The van der Waals surface area contributed by atoms with Crippen molar-refractivity contribution in [2.24, 2.45) is 11.7 Å². The Balaban J connectivity index is 0.00000280. The molecule has 3 rings (SSSR count). The van der Waals surface area contributed by atoms with E-state index >= 15 is 0 Å². The van der Waals surface area contributed by atoms with E-state index in [0.29, 0.717) is 35.7 Å². The van der Waals surface area contributed by atoms with Gasteiger partial charge in [-0.3, -0.25) is 4.79 Å². The van der Waals surface area contributed by atoms with Crippen molar-refractivity contribution in [3.8, 4) is 5.75 Å². The van der Waals surface area contributed by atoms with Gasteiger partial charge in [0.1, 0.15) is 11.3 Å². The number of amides is 1. The van der Waals surface area contributed by atoms with Gasteiger partial charge < -0.3 is 19.8 Å². The molecule has 0 saturated carbocycles. The number of piperidine rings is 1. The normalized spacial score (nSPS) is 15.9. The molecule has 6 nitrogen and oxygen atoms in total. The molecule has 1 aliphatic rings. The molecule has 2 aromatic rings. The van der Waals surface area contributed by atoms with E-state index in [4.69, 9.17) is 14.9 Å². The SMILES string of the molecule is COc1ccc2c(C)c(CCC(=O)N3CCC(C(C)N)CC3)c(=O)oc2c1.Cl. The fraction of sp³-hybridized carbons (Fsp3) is 0.524. The molecule has 1 amide bonds. The smallest absolute Gasteiger partial charge is 0.339 e. The number of rotatable bonds is 5. The van der Waals surface area contributed by atoms with Crippen molar-refractivity contribution >= 4 is 29.3 Å². The maximum absolute atomic E-state index is 12.6. The highest BCUT2D eigenvalue weighted by molar-refractivity contribution is 5.85. The summed E-state index contributed by atoms with van der Waals surface area (Å²) in [6.45, 7) is 5.42. The van der Waals surface area contributed by atoms with Crippen molar-refractivity contribution in [3.63, 3.8) is 0 Å². The van der Waals surface area contributed by atoms with Crippen LogP contribution in [-0.4, -0.2) is 37.0 Å². The van der Waals surface area contributed by atoms with Crippen LogP contribution in [0.25, 0.3) is 11.0 Å². The molecule has 1 saturated heterocycles. The molecule has 0 aliphatic carbocycles. The summed E-state index contributed by atoms with van der Waals surface area (Å²) < 4.78 is 10.6. The van der Waals surface area contributed by atoms with E-state index in [1.54, 1.807) is 13.2 Å². The molecule has 1 fully saturated rings. The zero-order valence-electron chi connectivity index (χ0n) is 16.7. The first-order valence-electron chi connectivity index (χ1n) is 9.54. The summed E-state index contributed by atoms with van der Waals surface area (Å²) in [5.74, 6) is 1.22. The summed E-state index contributed by atoms with van der Waals surface area (Å²) in [4.78, 5) is 26.9. The fourth-order valence-electron chi connectivity index (χ4n) is 3.86. The number of benzene rings is 1. The molecule has 0 bridgehead atoms. The highest BCUT2D eigenvalue weighted by Gasteiger charge is 2.25. The summed E-state index contributed by atoms with van der Waals surface area (Å²) >= 11 is 0. The third-order valence-electron chi connectivity index (χ3n) is 5.72. The van der Waals surface area contributed by atoms with Crippen LogP contribution in [0.15, 0.2) is 27.4 Å². The number of hydrogen-bond donors (Lipinski definition) is 1. The summed E-state index contributed by atoms with van der Waals surface area (Å²) in [7, 11) is 1.57. The second-order valence-corrected chi connectivity index (χ2v) is 7.43. The van der Waals surface area contributed by atoms with Crippen LogP contribution in [-0.2, 0) is 11.2 Å². The Kier molecular flexibility index (Phi) is 7.49. The van der Waals surface area contributed by atoms with Crippen molar-refractivity contribution in [1.29, 1.82) is 0 Å². The molecule has 1 unspecified atom stereocenters. The van der Waals surface area contributed by atoms with E-state index < -0.39 is 0 Å². The van der Waals surface area contributed by atoms with Gasteiger partial charge in [0.15, 0.2) is 0 Å². The molecule has 7 heteroatoms. The number of nitrogens with zero attached hydrogens (tertiary/aromatic N) is 1. The van der Waals surface area contributed by atoms with Gasteiger partial charge in [0, 0.05) is 42.6 Å². The van der Waals surface area contributed by atoms with Crippen LogP contribution in [0.2, 0.25) is 0 Å². The molecule has 1 aliphatic heterocycles. The molecule has 0 radical (unpaired) electrons. The molecule has 1 aromatic carbocycles. The number of aryl methyl sites for hydroxylation is 1. The third kappa shape index (κ3) is 4.67. The maximum atomic E-state index is 12.6. The minimum atomic E-state index is -0.378. The third-order valence-corrected chi connectivity index (χ3v) is 5.72. The molecule has 2 N–H and O–H groups in total. The molecule has 1 aromatic heterocycles. The Bertz CT molecular complexity index is 886. The van der Waals surface area contributed by atoms with Crippen LogP contribution in [0.4, 0.5) is 0 Å². The van der Waals surface area contributed by atoms with E-state index in [0.717, 1.165) is 36.9 Å². The number of carbonyl (C=O) groups is 1. The number of nitrogens with two attached hydrogens (primary N) is 1. The Morgan fingerprint density at radius 3 is 2.64 bits per heavy atom. The summed E-state index contributed by atoms with van der Waals surface area (Å²) in [6, 6.07) is 5.61. The summed E-state index contributed by atoms with van der Waals surface area (Å²) in [5, 5.41) is 0.871. The van der Waals surface area contributed by atoms with E-state index in [2.05, 4.69) is 0 Å². The molecule has 2 heterocycles. The Hall–Kier alpha value is -2.05. The molecular formula is C21H29ClN2O4. The van der Waals surface area contributed by atoms with Gasteiger partial charge in [-0.25, -0.2) is 4.79 Å². The minimum absolute atomic E-state index is 0. The molecule has 154 valence electrons. The van der Waals surface area contributed by atoms with Crippen molar-refractivity contribution in [2.75, 3.05) is 20.2 Å². The molecule has 1 atom stereocenters. The molecule has 28 heavy (non-hydrogen) atoms. The first kappa shape index (κ1) is 22.2. The zero-order valence-corrected chi connectivity index (χ0v) is 17.5. The predicted molar refractivity (Wildman–Crippen MR) is 112 cm³/mol. The van der Waals surface area contributed by atoms with Crippen LogP contribution in [0.3, 0.4) is 0 Å². The minimum Gasteiger partial charge on any atom is -0.497 e. The number of hydrogen-bond acceptors (Lipinski definition) is 5. The average Bonchev–Trinajstić information content (AvgIpc) is 2.67. The maximum Gasteiger partial charge on any atom is 0.339 e. The monoisotopic (exact) mass is 408 g/mol. The van der Waals surface area contributed by atoms with Gasteiger partial charge in [-0.1, -0.05) is 0 Å². The van der Waals surface area contributed by atoms with Crippen LogP contribution in [0, 0.1) is 12.8 Å². The Morgan fingerprint density at radius 1 is 1.36 bits per heavy atom. The number of halogens is 1. The number of likely N-dealkylation sites (tertiary alicyclic amines) is 1. The van der Waals surface area contributed by atoms with Gasteiger partial charge in [0.05, 0.1) is 7.11 Å². The average molecular weight is 409 g/mol. The second-order valence-electron chi connectivity index (χ2n) is 7.43. The number of carbonyl (C=O) groups excluding carboxylic acids is 1. The van der Waals surface area contributed by atoms with Crippen molar-refractivity contribution in [3.05, 3.63) is 39.7 Å². The quantitative estimate of drug-likeness (QED) is 0.768. The lowest BCUT2D eigenvalue weighted by Crippen LogP contribution is -2.42. The van der Waals surface area contributed by atoms with Crippen LogP contribution in [0.5, 0.6) is 5.75 Å². The highest BCUT2D eigenvalue weighted by Crippen LogP contribution is 2.25. The van der Waals surface area contributed by atoms with E-state index in [1.165, 1.54) is 0 Å². The van der Waals surface area contributed by atoms with Crippen LogP contribution < -0.4 is 16.1 Å². The van der Waals surface area contributed by atoms with Crippen LogP contribution in [0.1, 0.15) is 37.3 Å². The van der Waals surface area contributed by atoms with Gasteiger partial charge in [-0.2, -0.15) is 0 Å². The second kappa shape index (κ2) is 9.43. The van der Waals surface area contributed by atoms with E-state index in [9.17, 15) is 9.59 Å². The van der Waals surface area contributed by atoms with Crippen molar-refractivity contribution in [2.45, 2.75) is 45.6 Å². The Labute approximate surface area is 171 Å². The van der Waals surface area contributed by atoms with Crippen molar-refractivity contribution < 1.29 is 13.9 Å². The first-order valence-corrected chi connectivity index (χ1v) is 9.54. The number of ether oxygens (including phenoxy) is 1. The number of fused-ring (bicyclic) bond motifs is 1. The van der Waals surface area contributed by atoms with Crippen molar-refractivity contribution in [1.82, 2.24) is 4.90 Å². The fourth-order valence-corrected chi connectivity index (χ4v) is 3.86. The van der Waals surface area contributed by atoms with Gasteiger partial charge >= 0.3 is 5.63 Å². The zero-order chi connectivity index (χ0) is 19.6. The van der Waals surface area contributed by atoms with E-state index in [-0.39, 0.29) is 30.0 Å². The van der Waals surface area contributed by atoms with Crippen LogP contribution >= 0.6 is 12.4 Å². The highest BCUT2D eigenvalue weighted by atomic mass is 35.5. The lowest BCUT2D eigenvalue weighted by molar-refractivity contribution is -0.132. The summed E-state index contributed by atoms with van der Waals surface area (Å²) in [6.07, 6.45) is 2.60. The topological polar surface area (TPSA) is 85.8 Å². The van der Waals surface area contributed by atoms with Gasteiger partial charge in [0.2, 0.25) is 5.91 Å². The standard InChI is InChI=1S/C21H28N2O4.ClH/c1-13-17-5-4-16(26-3)12-19(17)27-21(25)18(13)6-7-20(24)23-10-8-15(9-11-23)14(2)22;/h4-5,12,14-15H,6-11,22H2,1-3H3;1H. The van der Waals surface area contributed by atoms with Gasteiger partial charge in [-0.05, 0) is 56.7 Å². The number of methoxy groups -OCH3 is 1. The van der Waals surface area contributed by atoms with E-state index in [1.807, 2.05) is 30.9 Å². The lowest BCUT2D eigenvalue weighted by atomic mass is 9.90. The molecule has 0 spiro atoms. The Morgan fingerprint density at radius 2 is 2.04 bits per heavy atom. The lowest BCUT2D eigenvalue weighted by Gasteiger charge is -2.33. The predicted octanol–water partition coefficient (Wildman–Crippen LogP) is 3.05. The molecular weight excluding hydrogens is 380 g/mol.